The largest absolute Gasteiger partial charge is 0.374 e. The molecule has 5 heteroatoms. The molecular weight excluding hydrogens is 264 g/mol. The number of para-hydroxylation sites is 2. The normalized spacial score (nSPS) is 14.1. The molecule has 1 aliphatic rings. The fraction of sp³-hybridized carbons (Fsp3) is 0.125. The van der Waals surface area contributed by atoms with Crippen LogP contribution >= 0.6 is 0 Å². The Balaban J connectivity index is 1.71. The van der Waals surface area contributed by atoms with Crippen molar-refractivity contribution in [3.63, 3.8) is 0 Å². The Morgan fingerprint density at radius 3 is 2.90 bits per heavy atom. The number of benzene rings is 1. The third-order valence-electron chi connectivity index (χ3n) is 3.66. The van der Waals surface area contributed by atoms with Gasteiger partial charge in [-0.05, 0) is 24.3 Å². The maximum Gasteiger partial charge on any atom is 0.246 e. The first kappa shape index (κ1) is 12.0. The number of rotatable bonds is 2. The molecule has 0 fully saturated rings. The van der Waals surface area contributed by atoms with Crippen molar-refractivity contribution in [2.75, 3.05) is 16.8 Å². The van der Waals surface area contributed by atoms with Gasteiger partial charge in [-0.2, -0.15) is 0 Å². The molecule has 3 heterocycles. The molecule has 4 rings (SSSR count). The van der Waals surface area contributed by atoms with Gasteiger partial charge in [-0.15, -0.1) is 0 Å². The van der Waals surface area contributed by atoms with E-state index in [1.807, 2.05) is 59.3 Å². The fourth-order valence-corrected chi connectivity index (χ4v) is 2.66. The molecule has 1 amide bonds. The molecule has 2 aromatic heterocycles. The number of fused-ring (bicyclic) bond motifs is 2. The summed E-state index contributed by atoms with van der Waals surface area (Å²) in [5, 5.41) is 3.14. The lowest BCUT2D eigenvalue weighted by Gasteiger charge is -2.29. The number of hydrogen-bond donors (Lipinski definition) is 1. The molecule has 0 spiro atoms. The van der Waals surface area contributed by atoms with Crippen molar-refractivity contribution in [3.8, 4) is 0 Å². The topological polar surface area (TPSA) is 49.6 Å². The van der Waals surface area contributed by atoms with Gasteiger partial charge in [0.1, 0.15) is 5.65 Å². The molecule has 0 unspecified atom stereocenters. The molecule has 1 aliphatic heterocycles. The lowest BCUT2D eigenvalue weighted by atomic mass is 10.2. The Morgan fingerprint density at radius 1 is 1.14 bits per heavy atom. The van der Waals surface area contributed by atoms with E-state index in [1.54, 1.807) is 4.90 Å². The molecule has 0 bridgehead atoms. The first-order valence-corrected chi connectivity index (χ1v) is 6.87. The average Bonchev–Trinajstić information content (AvgIpc) is 2.92. The van der Waals surface area contributed by atoms with Crippen molar-refractivity contribution in [1.29, 1.82) is 0 Å². The number of nitrogens with one attached hydrogen (secondary N) is 1. The Hall–Kier alpha value is -2.82. The van der Waals surface area contributed by atoms with Gasteiger partial charge >= 0.3 is 0 Å². The van der Waals surface area contributed by atoms with Crippen LogP contribution in [0.5, 0.6) is 0 Å². The van der Waals surface area contributed by atoms with Gasteiger partial charge < -0.3 is 14.6 Å². The van der Waals surface area contributed by atoms with Crippen LogP contribution in [0.25, 0.3) is 5.65 Å². The zero-order chi connectivity index (χ0) is 14.2. The summed E-state index contributed by atoms with van der Waals surface area (Å²) in [5.74, 6) is 0.0609. The minimum absolute atomic E-state index is 0.0609. The smallest absolute Gasteiger partial charge is 0.246 e. The number of hydrogen-bond acceptors (Lipinski definition) is 3. The standard InChI is InChI=1S/C16H14N4O/c21-16-9-17-13-5-1-2-6-14(13)20(16)11-12-10-19-8-4-3-7-15(19)18-12/h1-8,10,17H,9,11H2. The molecule has 0 saturated carbocycles. The predicted octanol–water partition coefficient (Wildman–Crippen LogP) is 2.29. The number of imidazole rings is 1. The van der Waals surface area contributed by atoms with Crippen LogP contribution in [0.4, 0.5) is 11.4 Å². The molecule has 0 aliphatic carbocycles. The van der Waals surface area contributed by atoms with Gasteiger partial charge in [-0.1, -0.05) is 18.2 Å². The van der Waals surface area contributed by atoms with E-state index in [0.29, 0.717) is 13.1 Å². The van der Waals surface area contributed by atoms with Crippen molar-refractivity contribution < 1.29 is 4.79 Å². The van der Waals surface area contributed by atoms with Gasteiger partial charge in [0.15, 0.2) is 0 Å². The van der Waals surface area contributed by atoms with Crippen LogP contribution in [0.1, 0.15) is 5.69 Å². The van der Waals surface area contributed by atoms with E-state index in [2.05, 4.69) is 10.3 Å². The lowest BCUT2D eigenvalue weighted by Crippen LogP contribution is -2.39. The van der Waals surface area contributed by atoms with E-state index in [0.717, 1.165) is 22.7 Å². The highest BCUT2D eigenvalue weighted by atomic mass is 16.2. The second-order valence-corrected chi connectivity index (χ2v) is 5.05. The molecule has 1 aromatic carbocycles. The maximum atomic E-state index is 12.2. The van der Waals surface area contributed by atoms with Gasteiger partial charge in [-0.25, -0.2) is 4.98 Å². The number of amides is 1. The zero-order valence-electron chi connectivity index (χ0n) is 11.4. The summed E-state index contributed by atoms with van der Waals surface area (Å²) >= 11 is 0. The Labute approximate surface area is 121 Å². The quantitative estimate of drug-likeness (QED) is 0.782. The first-order chi connectivity index (χ1) is 10.3. The van der Waals surface area contributed by atoms with Gasteiger partial charge in [0, 0.05) is 12.4 Å². The highest BCUT2D eigenvalue weighted by molar-refractivity contribution is 6.02. The van der Waals surface area contributed by atoms with Crippen LogP contribution in [0.2, 0.25) is 0 Å². The number of carbonyl (C=O) groups excluding carboxylic acids is 1. The number of aromatic nitrogens is 2. The van der Waals surface area contributed by atoms with Crippen LogP contribution in [0.15, 0.2) is 54.9 Å². The summed E-state index contributed by atoms with van der Waals surface area (Å²) in [6.45, 7) is 0.809. The van der Waals surface area contributed by atoms with E-state index < -0.39 is 0 Å². The molecule has 5 nitrogen and oxygen atoms in total. The molecule has 0 radical (unpaired) electrons. The molecule has 0 atom stereocenters. The monoisotopic (exact) mass is 278 g/mol. The number of pyridine rings is 1. The Morgan fingerprint density at radius 2 is 2.00 bits per heavy atom. The summed E-state index contributed by atoms with van der Waals surface area (Å²) in [7, 11) is 0. The first-order valence-electron chi connectivity index (χ1n) is 6.87. The van der Waals surface area contributed by atoms with Crippen molar-refractivity contribution >= 4 is 22.9 Å². The lowest BCUT2D eigenvalue weighted by molar-refractivity contribution is -0.117. The van der Waals surface area contributed by atoms with Gasteiger partial charge in [0.25, 0.3) is 0 Å². The minimum atomic E-state index is 0.0609. The van der Waals surface area contributed by atoms with Crippen LogP contribution in [-0.2, 0) is 11.3 Å². The molecule has 0 saturated heterocycles. The molecule has 104 valence electrons. The highest BCUT2D eigenvalue weighted by Gasteiger charge is 2.24. The summed E-state index contributed by atoms with van der Waals surface area (Å²) in [6, 6.07) is 13.7. The molecular formula is C16H14N4O. The number of nitrogens with zero attached hydrogens (tertiary/aromatic N) is 3. The van der Waals surface area contributed by atoms with Crippen molar-refractivity contribution in [1.82, 2.24) is 9.38 Å². The Kier molecular flexibility index (Phi) is 2.64. The number of carbonyl (C=O) groups is 1. The molecule has 21 heavy (non-hydrogen) atoms. The third kappa shape index (κ3) is 2.03. The SMILES string of the molecule is O=C1CNc2ccccc2N1Cc1cn2ccccc2n1. The fourth-order valence-electron chi connectivity index (χ4n) is 2.66. The second-order valence-electron chi connectivity index (χ2n) is 5.05. The summed E-state index contributed by atoms with van der Waals surface area (Å²) in [4.78, 5) is 18.6. The van der Waals surface area contributed by atoms with Crippen molar-refractivity contribution in [2.24, 2.45) is 0 Å². The van der Waals surface area contributed by atoms with E-state index in [4.69, 9.17) is 0 Å². The molecule has 1 N–H and O–H groups in total. The minimum Gasteiger partial charge on any atom is -0.374 e. The van der Waals surface area contributed by atoms with Crippen molar-refractivity contribution in [3.05, 3.63) is 60.6 Å². The van der Waals surface area contributed by atoms with E-state index >= 15 is 0 Å². The van der Waals surface area contributed by atoms with Gasteiger partial charge in [0.05, 0.1) is 30.2 Å². The predicted molar refractivity (Wildman–Crippen MR) is 81.3 cm³/mol. The van der Waals surface area contributed by atoms with Crippen LogP contribution in [-0.4, -0.2) is 21.8 Å². The van der Waals surface area contributed by atoms with Crippen LogP contribution < -0.4 is 10.2 Å². The molecule has 3 aromatic rings. The highest BCUT2D eigenvalue weighted by Crippen LogP contribution is 2.30. The van der Waals surface area contributed by atoms with Gasteiger partial charge in [0.2, 0.25) is 5.91 Å². The second kappa shape index (κ2) is 4.63. The van der Waals surface area contributed by atoms with Crippen LogP contribution in [0.3, 0.4) is 0 Å². The third-order valence-corrected chi connectivity index (χ3v) is 3.66. The van der Waals surface area contributed by atoms with Crippen LogP contribution in [0, 0.1) is 0 Å². The Bertz CT molecular complexity index is 791. The summed E-state index contributed by atoms with van der Waals surface area (Å²) < 4.78 is 1.97. The van der Waals surface area contributed by atoms with Gasteiger partial charge in [-0.3, -0.25) is 4.79 Å². The average molecular weight is 278 g/mol. The number of anilines is 2. The zero-order valence-corrected chi connectivity index (χ0v) is 11.4. The van der Waals surface area contributed by atoms with E-state index in [-0.39, 0.29) is 5.91 Å². The summed E-state index contributed by atoms with van der Waals surface area (Å²) in [5.41, 5.74) is 3.67. The summed E-state index contributed by atoms with van der Waals surface area (Å²) in [6.07, 6.45) is 3.92. The van der Waals surface area contributed by atoms with Crippen molar-refractivity contribution in [2.45, 2.75) is 6.54 Å². The maximum absolute atomic E-state index is 12.2. The van der Waals surface area contributed by atoms with E-state index in [9.17, 15) is 4.79 Å². The van der Waals surface area contributed by atoms with E-state index in [1.165, 1.54) is 0 Å².